The SMILES string of the molecule is CC(C)(C)Oc1ccc(COc2ccc(C[C@H]3COC(CC4=N[C@@H](Cc5ccc(OCc6ccc(OC(C)(C)C)cc6)cc5)CO4)=N3)cc2)cc1. The van der Waals surface area contributed by atoms with Crippen LogP contribution in [0.1, 0.15) is 70.2 Å². The third-order valence-corrected chi connectivity index (χ3v) is 8.14. The van der Waals surface area contributed by atoms with Crippen LogP contribution in [0.15, 0.2) is 107 Å². The molecule has 0 aromatic heterocycles. The van der Waals surface area contributed by atoms with Crippen LogP contribution < -0.4 is 18.9 Å². The van der Waals surface area contributed by atoms with Crippen LogP contribution in [0.5, 0.6) is 23.0 Å². The van der Waals surface area contributed by atoms with Crippen molar-refractivity contribution in [2.24, 2.45) is 9.98 Å². The van der Waals surface area contributed by atoms with Crippen LogP contribution in [-0.2, 0) is 35.5 Å². The number of benzene rings is 4. The second-order valence-electron chi connectivity index (χ2n) is 15.1. The van der Waals surface area contributed by atoms with Gasteiger partial charge in [-0.2, -0.15) is 0 Å². The van der Waals surface area contributed by atoms with Gasteiger partial charge in [-0.3, -0.25) is 0 Å². The summed E-state index contributed by atoms with van der Waals surface area (Å²) in [5, 5.41) is 0. The lowest BCUT2D eigenvalue weighted by Crippen LogP contribution is -2.22. The molecule has 0 saturated heterocycles. The number of aliphatic imine (C=N–C) groups is 2. The number of ether oxygens (including phenoxy) is 6. The normalized spacial score (nSPS) is 17.2. The molecule has 4 aromatic rings. The van der Waals surface area contributed by atoms with E-state index in [-0.39, 0.29) is 23.3 Å². The Hall–Kier alpha value is -4.98. The fourth-order valence-corrected chi connectivity index (χ4v) is 5.81. The molecule has 0 fully saturated rings. The molecule has 0 aliphatic carbocycles. The summed E-state index contributed by atoms with van der Waals surface area (Å²) in [7, 11) is 0. The molecule has 0 bridgehead atoms. The first-order valence-electron chi connectivity index (χ1n) is 17.8. The zero-order valence-corrected chi connectivity index (χ0v) is 30.7. The molecule has 2 aliphatic heterocycles. The van der Waals surface area contributed by atoms with Gasteiger partial charge in [0.1, 0.15) is 60.6 Å². The van der Waals surface area contributed by atoms with E-state index in [4.69, 9.17) is 38.4 Å². The van der Waals surface area contributed by atoms with E-state index in [0.717, 1.165) is 47.0 Å². The number of hydrogen-bond acceptors (Lipinski definition) is 8. The molecule has 0 N–H and O–H groups in total. The van der Waals surface area contributed by atoms with Crippen molar-refractivity contribution in [1.82, 2.24) is 0 Å². The molecule has 8 heteroatoms. The Morgan fingerprint density at radius 1 is 0.490 bits per heavy atom. The summed E-state index contributed by atoms with van der Waals surface area (Å²) in [5.74, 6) is 4.76. The van der Waals surface area contributed by atoms with Crippen LogP contribution in [0.2, 0.25) is 0 Å². The molecule has 2 heterocycles. The maximum Gasteiger partial charge on any atom is 0.193 e. The number of nitrogens with zero attached hydrogens (tertiary/aromatic N) is 2. The summed E-state index contributed by atoms with van der Waals surface area (Å²) in [6, 6.07) is 32.7. The van der Waals surface area contributed by atoms with Crippen LogP contribution in [0, 0.1) is 0 Å². The number of rotatable bonds is 14. The van der Waals surface area contributed by atoms with E-state index in [9.17, 15) is 0 Å². The molecule has 0 saturated carbocycles. The fourth-order valence-electron chi connectivity index (χ4n) is 5.81. The monoisotopic (exact) mass is 690 g/mol. The highest BCUT2D eigenvalue weighted by atomic mass is 16.5. The fraction of sp³-hybridized carbons (Fsp3) is 0.395. The molecular weight excluding hydrogens is 640 g/mol. The molecule has 268 valence electrons. The largest absolute Gasteiger partial charge is 0.489 e. The van der Waals surface area contributed by atoms with Gasteiger partial charge >= 0.3 is 0 Å². The lowest BCUT2D eigenvalue weighted by Gasteiger charge is -2.21. The summed E-state index contributed by atoms with van der Waals surface area (Å²) in [6.45, 7) is 14.4. The average molecular weight is 691 g/mol. The summed E-state index contributed by atoms with van der Waals surface area (Å²) in [5.41, 5.74) is 4.13. The van der Waals surface area contributed by atoms with Crippen LogP contribution in [0.3, 0.4) is 0 Å². The first-order chi connectivity index (χ1) is 24.4. The summed E-state index contributed by atoms with van der Waals surface area (Å²) in [4.78, 5) is 9.65. The Bertz CT molecular complexity index is 1630. The Labute approximate surface area is 302 Å². The molecule has 4 aromatic carbocycles. The van der Waals surface area contributed by atoms with Crippen molar-refractivity contribution in [3.63, 3.8) is 0 Å². The van der Waals surface area contributed by atoms with Crippen molar-refractivity contribution >= 4 is 11.8 Å². The zero-order chi connectivity index (χ0) is 35.8. The maximum absolute atomic E-state index is 6.01. The van der Waals surface area contributed by atoms with E-state index in [1.54, 1.807) is 0 Å². The summed E-state index contributed by atoms with van der Waals surface area (Å²) >= 11 is 0. The van der Waals surface area contributed by atoms with Crippen molar-refractivity contribution in [1.29, 1.82) is 0 Å². The first kappa shape index (κ1) is 35.8. The number of hydrogen-bond donors (Lipinski definition) is 0. The molecular formula is C43H50N2O6. The first-order valence-corrected chi connectivity index (χ1v) is 17.8. The van der Waals surface area contributed by atoms with Gasteiger partial charge in [-0.05, 0) is 125 Å². The second kappa shape index (κ2) is 15.9. The molecule has 0 unspecified atom stereocenters. The minimum atomic E-state index is -0.217. The van der Waals surface area contributed by atoms with Gasteiger partial charge in [0.05, 0.1) is 18.5 Å². The highest BCUT2D eigenvalue weighted by molar-refractivity contribution is 5.98. The van der Waals surface area contributed by atoms with Crippen molar-refractivity contribution in [3.05, 3.63) is 119 Å². The molecule has 2 atom stereocenters. The van der Waals surface area contributed by atoms with Gasteiger partial charge in [0.15, 0.2) is 11.8 Å². The molecule has 0 amide bonds. The van der Waals surface area contributed by atoms with Gasteiger partial charge in [-0.1, -0.05) is 48.5 Å². The third-order valence-electron chi connectivity index (χ3n) is 8.14. The Kier molecular flexibility index (Phi) is 11.2. The molecule has 8 nitrogen and oxygen atoms in total. The van der Waals surface area contributed by atoms with Gasteiger partial charge in [-0.15, -0.1) is 0 Å². The Morgan fingerprint density at radius 2 is 0.824 bits per heavy atom. The maximum atomic E-state index is 6.01. The predicted molar refractivity (Wildman–Crippen MR) is 202 cm³/mol. The van der Waals surface area contributed by atoms with Gasteiger partial charge < -0.3 is 28.4 Å². The predicted octanol–water partition coefficient (Wildman–Crippen LogP) is 8.97. The van der Waals surface area contributed by atoms with Gasteiger partial charge in [-0.25, -0.2) is 9.98 Å². The topological polar surface area (TPSA) is 80.1 Å². The van der Waals surface area contributed by atoms with Crippen molar-refractivity contribution < 1.29 is 28.4 Å². The van der Waals surface area contributed by atoms with E-state index in [0.29, 0.717) is 44.6 Å². The van der Waals surface area contributed by atoms with Gasteiger partial charge in [0, 0.05) is 0 Å². The Morgan fingerprint density at radius 3 is 1.18 bits per heavy atom. The Balaban J connectivity index is 0.908. The van der Waals surface area contributed by atoms with Crippen molar-refractivity contribution in [2.45, 2.75) is 97.3 Å². The smallest absolute Gasteiger partial charge is 0.193 e. The molecule has 0 spiro atoms. The van der Waals surface area contributed by atoms with E-state index in [2.05, 4.69) is 24.3 Å². The quantitative estimate of drug-likeness (QED) is 0.131. The lowest BCUT2D eigenvalue weighted by atomic mass is 10.1. The third kappa shape index (κ3) is 11.5. The minimum absolute atomic E-state index is 0.0704. The van der Waals surface area contributed by atoms with E-state index >= 15 is 0 Å². The van der Waals surface area contributed by atoms with E-state index in [1.165, 1.54) is 11.1 Å². The van der Waals surface area contributed by atoms with Crippen LogP contribution in [0.4, 0.5) is 0 Å². The summed E-state index contributed by atoms with van der Waals surface area (Å²) in [6.07, 6.45) is 2.08. The standard InChI is InChI=1S/C43H50N2O6/c1-42(2,3)50-38-19-11-32(12-20-38)26-46-36-15-7-30(8-16-36)23-34-28-48-40(44-34)25-41-45-35(29-49-41)24-31-9-17-37(18-10-31)47-27-33-13-21-39(22-14-33)51-43(4,5)6/h7-22,34-35H,23-29H2,1-6H3/t34-,35-/m0/s1. The molecule has 0 radical (unpaired) electrons. The zero-order valence-electron chi connectivity index (χ0n) is 30.7. The average Bonchev–Trinajstić information content (AvgIpc) is 3.73. The molecule has 6 rings (SSSR count). The van der Waals surface area contributed by atoms with Crippen LogP contribution in [-0.4, -0.2) is 48.3 Å². The molecule has 2 aliphatic rings. The van der Waals surface area contributed by atoms with Crippen molar-refractivity contribution in [3.8, 4) is 23.0 Å². The highest BCUT2D eigenvalue weighted by Gasteiger charge is 2.25. The van der Waals surface area contributed by atoms with Crippen LogP contribution >= 0.6 is 0 Å². The van der Waals surface area contributed by atoms with Crippen LogP contribution in [0.25, 0.3) is 0 Å². The highest BCUT2D eigenvalue weighted by Crippen LogP contribution is 2.24. The van der Waals surface area contributed by atoms with Gasteiger partial charge in [0.25, 0.3) is 0 Å². The van der Waals surface area contributed by atoms with E-state index < -0.39 is 0 Å². The van der Waals surface area contributed by atoms with Gasteiger partial charge in [0.2, 0.25) is 0 Å². The molecule has 51 heavy (non-hydrogen) atoms. The second-order valence-corrected chi connectivity index (χ2v) is 15.1. The van der Waals surface area contributed by atoms with Crippen molar-refractivity contribution in [2.75, 3.05) is 13.2 Å². The summed E-state index contributed by atoms with van der Waals surface area (Å²) < 4.78 is 35.7. The lowest BCUT2D eigenvalue weighted by molar-refractivity contribution is 0.130. The van der Waals surface area contributed by atoms with E-state index in [1.807, 2.05) is 114 Å². The minimum Gasteiger partial charge on any atom is -0.489 e.